The van der Waals surface area contributed by atoms with Gasteiger partial charge in [0.05, 0.1) is 31.1 Å². The molecule has 1 N–H and O–H groups in total. The molecule has 0 spiro atoms. The number of anilines is 1. The molecule has 0 saturated carbocycles. The lowest BCUT2D eigenvalue weighted by atomic mass is 10.1. The fourth-order valence-electron chi connectivity index (χ4n) is 2.73. The Balaban J connectivity index is 1.59. The van der Waals surface area contributed by atoms with Gasteiger partial charge >= 0.3 is 0 Å². The number of nitrogens with zero attached hydrogens (tertiary/aromatic N) is 3. The summed E-state index contributed by atoms with van der Waals surface area (Å²) in [6.45, 7) is 4.48. The van der Waals surface area contributed by atoms with E-state index < -0.39 is 0 Å². The maximum absolute atomic E-state index is 13.8. The Morgan fingerprint density at radius 3 is 2.88 bits per heavy atom. The molecule has 0 radical (unpaired) electrons. The zero-order valence-electron chi connectivity index (χ0n) is 13.6. The Labute approximate surface area is 140 Å². The molecule has 1 amide bonds. The Bertz CT molecular complexity index is 697. The van der Waals surface area contributed by atoms with Crippen molar-refractivity contribution in [1.82, 2.24) is 14.7 Å². The van der Waals surface area contributed by atoms with Crippen molar-refractivity contribution in [3.63, 3.8) is 0 Å². The monoisotopic (exact) mass is 332 g/mol. The summed E-state index contributed by atoms with van der Waals surface area (Å²) >= 11 is 0. The van der Waals surface area contributed by atoms with E-state index in [1.54, 1.807) is 40.2 Å². The molecule has 7 heteroatoms. The van der Waals surface area contributed by atoms with Crippen LogP contribution >= 0.6 is 0 Å². The molecule has 1 atom stereocenters. The SMILES string of the molecule is CC(Nc1cnn(CC(=O)N2CCOCC2)c1)c1ccccc1F. The van der Waals surface area contributed by atoms with Crippen LogP contribution in [0.2, 0.25) is 0 Å². The molecule has 1 aliphatic rings. The van der Waals surface area contributed by atoms with E-state index in [2.05, 4.69) is 10.4 Å². The van der Waals surface area contributed by atoms with E-state index in [0.717, 1.165) is 5.69 Å². The molecule has 128 valence electrons. The highest BCUT2D eigenvalue weighted by Crippen LogP contribution is 2.21. The van der Waals surface area contributed by atoms with E-state index in [4.69, 9.17) is 4.74 Å². The molecule has 3 rings (SSSR count). The number of aromatic nitrogens is 2. The van der Waals surface area contributed by atoms with Crippen molar-refractivity contribution in [2.24, 2.45) is 0 Å². The third-order valence-electron chi connectivity index (χ3n) is 4.05. The highest BCUT2D eigenvalue weighted by Gasteiger charge is 2.17. The summed E-state index contributed by atoms with van der Waals surface area (Å²) in [7, 11) is 0. The molecule has 0 bridgehead atoms. The predicted molar refractivity (Wildman–Crippen MR) is 88.1 cm³/mol. The van der Waals surface area contributed by atoms with Crippen LogP contribution in [0.1, 0.15) is 18.5 Å². The highest BCUT2D eigenvalue weighted by molar-refractivity contribution is 5.76. The summed E-state index contributed by atoms with van der Waals surface area (Å²) in [6.07, 6.45) is 3.40. The number of benzene rings is 1. The minimum atomic E-state index is -0.243. The van der Waals surface area contributed by atoms with Crippen LogP contribution in [0.25, 0.3) is 0 Å². The van der Waals surface area contributed by atoms with Crippen molar-refractivity contribution in [1.29, 1.82) is 0 Å². The van der Waals surface area contributed by atoms with Gasteiger partial charge in [0.1, 0.15) is 12.4 Å². The van der Waals surface area contributed by atoms with Crippen LogP contribution in [0, 0.1) is 5.82 Å². The summed E-state index contributed by atoms with van der Waals surface area (Å²) in [5.74, 6) is -0.220. The van der Waals surface area contributed by atoms with Crippen molar-refractivity contribution >= 4 is 11.6 Å². The summed E-state index contributed by atoms with van der Waals surface area (Å²) in [6, 6.07) is 6.47. The van der Waals surface area contributed by atoms with E-state index in [-0.39, 0.29) is 24.3 Å². The maximum atomic E-state index is 13.8. The number of hydrogen-bond acceptors (Lipinski definition) is 4. The van der Waals surface area contributed by atoms with Crippen LogP contribution in [-0.4, -0.2) is 46.9 Å². The summed E-state index contributed by atoms with van der Waals surface area (Å²) in [5.41, 5.74) is 1.34. The molecule has 2 aromatic rings. The van der Waals surface area contributed by atoms with Gasteiger partial charge in [0.15, 0.2) is 0 Å². The first-order valence-electron chi connectivity index (χ1n) is 8.02. The lowest BCUT2D eigenvalue weighted by Crippen LogP contribution is -2.42. The van der Waals surface area contributed by atoms with E-state index in [1.807, 2.05) is 6.92 Å². The molecule has 2 heterocycles. The quantitative estimate of drug-likeness (QED) is 0.910. The van der Waals surface area contributed by atoms with Crippen LogP contribution in [0.3, 0.4) is 0 Å². The first-order chi connectivity index (χ1) is 11.6. The van der Waals surface area contributed by atoms with Crippen LogP contribution in [0.15, 0.2) is 36.7 Å². The van der Waals surface area contributed by atoms with Crippen molar-refractivity contribution < 1.29 is 13.9 Å². The number of morpholine rings is 1. The minimum absolute atomic E-state index is 0.0232. The number of carbonyl (C=O) groups excluding carboxylic acids is 1. The molecule has 1 saturated heterocycles. The van der Waals surface area contributed by atoms with Crippen molar-refractivity contribution in [2.75, 3.05) is 31.6 Å². The topological polar surface area (TPSA) is 59.4 Å². The molecule has 6 nitrogen and oxygen atoms in total. The Morgan fingerprint density at radius 2 is 2.12 bits per heavy atom. The third kappa shape index (κ3) is 3.91. The second-order valence-corrected chi connectivity index (χ2v) is 5.81. The molecular weight excluding hydrogens is 311 g/mol. The Morgan fingerprint density at radius 1 is 1.38 bits per heavy atom. The standard InChI is InChI=1S/C17H21FN4O2/c1-13(15-4-2-3-5-16(15)18)20-14-10-19-22(11-14)12-17(23)21-6-8-24-9-7-21/h2-5,10-11,13,20H,6-9,12H2,1H3. The number of amides is 1. The molecule has 1 fully saturated rings. The molecule has 0 aliphatic carbocycles. The van der Waals surface area contributed by atoms with Gasteiger partial charge in [-0.1, -0.05) is 18.2 Å². The van der Waals surface area contributed by atoms with Gasteiger partial charge in [-0.15, -0.1) is 0 Å². The van der Waals surface area contributed by atoms with E-state index in [1.165, 1.54) is 6.07 Å². The van der Waals surface area contributed by atoms with Gasteiger partial charge in [-0.3, -0.25) is 9.48 Å². The predicted octanol–water partition coefficient (Wildman–Crippen LogP) is 2.05. The lowest BCUT2D eigenvalue weighted by Gasteiger charge is -2.26. The maximum Gasteiger partial charge on any atom is 0.244 e. The van der Waals surface area contributed by atoms with Gasteiger partial charge in [-0.2, -0.15) is 5.10 Å². The molecule has 24 heavy (non-hydrogen) atoms. The van der Waals surface area contributed by atoms with E-state index in [0.29, 0.717) is 31.9 Å². The fraction of sp³-hybridized carbons (Fsp3) is 0.412. The van der Waals surface area contributed by atoms with Gasteiger partial charge in [0.2, 0.25) is 5.91 Å². The third-order valence-corrected chi connectivity index (χ3v) is 4.05. The van der Waals surface area contributed by atoms with Crippen LogP contribution in [0.4, 0.5) is 10.1 Å². The molecule has 1 unspecified atom stereocenters. The van der Waals surface area contributed by atoms with Gasteiger partial charge in [0, 0.05) is 24.8 Å². The molecule has 1 aromatic carbocycles. The number of nitrogens with one attached hydrogen (secondary N) is 1. The summed E-state index contributed by atoms with van der Waals surface area (Å²) < 4.78 is 20.6. The van der Waals surface area contributed by atoms with Crippen LogP contribution in [-0.2, 0) is 16.1 Å². The smallest absolute Gasteiger partial charge is 0.244 e. The van der Waals surface area contributed by atoms with E-state index in [9.17, 15) is 9.18 Å². The van der Waals surface area contributed by atoms with Gasteiger partial charge in [-0.25, -0.2) is 4.39 Å². The molecule has 1 aromatic heterocycles. The number of hydrogen-bond donors (Lipinski definition) is 1. The van der Waals surface area contributed by atoms with Crippen molar-refractivity contribution in [3.05, 3.63) is 48.0 Å². The molecule has 1 aliphatic heterocycles. The molecular formula is C17H21FN4O2. The normalized spacial score (nSPS) is 16.0. The zero-order chi connectivity index (χ0) is 16.9. The van der Waals surface area contributed by atoms with Crippen molar-refractivity contribution in [3.8, 4) is 0 Å². The lowest BCUT2D eigenvalue weighted by molar-refractivity contribution is -0.136. The summed E-state index contributed by atoms with van der Waals surface area (Å²) in [4.78, 5) is 14.0. The van der Waals surface area contributed by atoms with Gasteiger partial charge in [-0.05, 0) is 13.0 Å². The van der Waals surface area contributed by atoms with Gasteiger partial charge < -0.3 is 15.0 Å². The van der Waals surface area contributed by atoms with Crippen molar-refractivity contribution in [2.45, 2.75) is 19.5 Å². The Kier molecular flexibility index (Phi) is 5.10. The first kappa shape index (κ1) is 16.4. The average molecular weight is 332 g/mol. The number of rotatable bonds is 5. The zero-order valence-corrected chi connectivity index (χ0v) is 13.6. The fourth-order valence-corrected chi connectivity index (χ4v) is 2.73. The minimum Gasteiger partial charge on any atom is -0.378 e. The van der Waals surface area contributed by atoms with E-state index >= 15 is 0 Å². The first-order valence-corrected chi connectivity index (χ1v) is 8.02. The van der Waals surface area contributed by atoms with Crippen LogP contribution in [0.5, 0.6) is 0 Å². The number of halogens is 1. The second kappa shape index (κ2) is 7.44. The second-order valence-electron chi connectivity index (χ2n) is 5.81. The number of carbonyl (C=O) groups is 1. The highest BCUT2D eigenvalue weighted by atomic mass is 19.1. The number of ether oxygens (including phenoxy) is 1. The van der Waals surface area contributed by atoms with Gasteiger partial charge in [0.25, 0.3) is 0 Å². The van der Waals surface area contributed by atoms with Crippen LogP contribution < -0.4 is 5.32 Å². The summed E-state index contributed by atoms with van der Waals surface area (Å²) in [5, 5.41) is 7.41. The average Bonchev–Trinajstić information content (AvgIpc) is 3.02. The largest absolute Gasteiger partial charge is 0.378 e. The Hall–Kier alpha value is -2.41.